The van der Waals surface area contributed by atoms with Crippen LogP contribution in [0.15, 0.2) is 59.6 Å². The van der Waals surface area contributed by atoms with Crippen molar-refractivity contribution < 1.29 is 0 Å². The summed E-state index contributed by atoms with van der Waals surface area (Å²) in [6.45, 7) is 10.8. The molecule has 0 amide bonds. The zero-order valence-corrected chi connectivity index (χ0v) is 18.2. The lowest BCUT2D eigenvalue weighted by molar-refractivity contribution is 0.588. The van der Waals surface area contributed by atoms with E-state index in [9.17, 15) is 0 Å². The van der Waals surface area contributed by atoms with Crippen LogP contribution in [0.2, 0.25) is 0 Å². The molecule has 0 aliphatic carbocycles. The molecule has 2 nitrogen and oxygen atoms in total. The highest BCUT2D eigenvalue weighted by atomic mass is 14.9. The number of aliphatic imine (C=N–C) groups is 1. The van der Waals surface area contributed by atoms with Crippen LogP contribution < -0.4 is 5.32 Å². The largest absolute Gasteiger partial charge is 0.305 e. The SMILES string of the molecule is CCCCCCN=CC(Cc1ccc(C(C)(C)C)cc1)NCc1ccccc1. The molecule has 0 bridgehead atoms. The van der Waals surface area contributed by atoms with Gasteiger partial charge in [0.15, 0.2) is 0 Å². The van der Waals surface area contributed by atoms with Crippen LogP contribution in [0.25, 0.3) is 0 Å². The zero-order chi connectivity index (χ0) is 20.2. The van der Waals surface area contributed by atoms with Gasteiger partial charge in [0, 0.05) is 25.3 Å². The molecule has 1 unspecified atom stereocenters. The smallest absolute Gasteiger partial charge is 0.0463 e. The standard InChI is InChI=1S/C26H38N2/c1-5-6-7-11-18-27-21-25(28-20-23-12-9-8-10-13-23)19-22-14-16-24(17-15-22)26(2,3)4/h8-10,12-17,21,25,28H,5-7,11,18-20H2,1-4H3. The van der Waals surface area contributed by atoms with Gasteiger partial charge in [-0.25, -0.2) is 0 Å². The van der Waals surface area contributed by atoms with Crippen molar-refractivity contribution in [1.82, 2.24) is 5.32 Å². The van der Waals surface area contributed by atoms with Crippen molar-refractivity contribution in [2.24, 2.45) is 4.99 Å². The minimum atomic E-state index is 0.198. The average molecular weight is 379 g/mol. The van der Waals surface area contributed by atoms with Crippen molar-refractivity contribution >= 4 is 6.21 Å². The molecule has 0 aliphatic rings. The molecule has 2 heteroatoms. The lowest BCUT2D eigenvalue weighted by Crippen LogP contribution is -2.32. The van der Waals surface area contributed by atoms with E-state index in [0.717, 1.165) is 19.5 Å². The highest BCUT2D eigenvalue weighted by Crippen LogP contribution is 2.22. The Balaban J connectivity index is 1.97. The summed E-state index contributed by atoms with van der Waals surface area (Å²) in [6, 6.07) is 19.9. The lowest BCUT2D eigenvalue weighted by Gasteiger charge is -2.20. The normalized spacial score (nSPS) is 13.1. The second-order valence-electron chi connectivity index (χ2n) is 8.74. The van der Waals surface area contributed by atoms with Crippen molar-refractivity contribution in [2.45, 2.75) is 77.8 Å². The summed E-state index contributed by atoms with van der Waals surface area (Å²) in [5.74, 6) is 0. The maximum absolute atomic E-state index is 4.72. The maximum atomic E-state index is 4.72. The number of hydrogen-bond donors (Lipinski definition) is 1. The summed E-state index contributed by atoms with van der Waals surface area (Å²) < 4.78 is 0. The molecule has 0 heterocycles. The predicted octanol–water partition coefficient (Wildman–Crippen LogP) is 6.34. The molecule has 152 valence electrons. The Morgan fingerprint density at radius 3 is 2.25 bits per heavy atom. The van der Waals surface area contributed by atoms with Crippen LogP contribution in [0, 0.1) is 0 Å². The van der Waals surface area contributed by atoms with Gasteiger partial charge in [-0.15, -0.1) is 0 Å². The zero-order valence-electron chi connectivity index (χ0n) is 18.2. The quantitative estimate of drug-likeness (QED) is 0.358. The molecule has 0 spiro atoms. The number of unbranched alkanes of at least 4 members (excludes halogenated alkanes) is 3. The third-order valence-electron chi connectivity index (χ3n) is 5.11. The molecule has 1 atom stereocenters. The van der Waals surface area contributed by atoms with Crippen LogP contribution >= 0.6 is 0 Å². The van der Waals surface area contributed by atoms with E-state index in [2.05, 4.69) is 93.8 Å². The van der Waals surface area contributed by atoms with Gasteiger partial charge in [0.2, 0.25) is 0 Å². The highest BCUT2D eigenvalue weighted by Gasteiger charge is 2.13. The van der Waals surface area contributed by atoms with Crippen molar-refractivity contribution in [3.05, 3.63) is 71.3 Å². The molecule has 2 aromatic rings. The molecule has 0 saturated carbocycles. The average Bonchev–Trinajstić information content (AvgIpc) is 2.69. The summed E-state index contributed by atoms with van der Waals surface area (Å²) in [7, 11) is 0. The van der Waals surface area contributed by atoms with E-state index < -0.39 is 0 Å². The van der Waals surface area contributed by atoms with E-state index in [0.29, 0.717) is 0 Å². The Hall–Kier alpha value is -1.93. The summed E-state index contributed by atoms with van der Waals surface area (Å²) in [5, 5.41) is 3.68. The Morgan fingerprint density at radius 2 is 1.61 bits per heavy atom. The molecule has 28 heavy (non-hydrogen) atoms. The van der Waals surface area contributed by atoms with Crippen molar-refractivity contribution in [3.8, 4) is 0 Å². The Morgan fingerprint density at radius 1 is 0.893 bits per heavy atom. The molecular formula is C26H38N2. The summed E-state index contributed by atoms with van der Waals surface area (Å²) in [6.07, 6.45) is 8.16. The van der Waals surface area contributed by atoms with E-state index in [4.69, 9.17) is 4.99 Å². The number of hydrogen-bond acceptors (Lipinski definition) is 2. The topological polar surface area (TPSA) is 24.4 Å². The molecule has 0 aliphatic heterocycles. The lowest BCUT2D eigenvalue weighted by atomic mass is 9.86. The third kappa shape index (κ3) is 8.39. The van der Waals surface area contributed by atoms with Crippen LogP contribution in [-0.2, 0) is 18.4 Å². The van der Waals surface area contributed by atoms with Crippen LogP contribution in [0.5, 0.6) is 0 Å². The summed E-state index contributed by atoms with van der Waals surface area (Å²) in [5.41, 5.74) is 4.25. The van der Waals surface area contributed by atoms with E-state index in [1.165, 1.54) is 42.4 Å². The first-order chi connectivity index (χ1) is 13.5. The molecule has 0 aromatic heterocycles. The van der Waals surface area contributed by atoms with Gasteiger partial charge < -0.3 is 5.32 Å². The monoisotopic (exact) mass is 378 g/mol. The minimum absolute atomic E-state index is 0.198. The van der Waals surface area contributed by atoms with Crippen LogP contribution in [-0.4, -0.2) is 18.8 Å². The predicted molar refractivity (Wildman–Crippen MR) is 123 cm³/mol. The number of nitrogens with zero attached hydrogens (tertiary/aromatic N) is 1. The fraction of sp³-hybridized carbons (Fsp3) is 0.500. The molecule has 1 N–H and O–H groups in total. The number of nitrogens with one attached hydrogen (secondary N) is 1. The molecule has 0 saturated heterocycles. The van der Waals surface area contributed by atoms with E-state index in [-0.39, 0.29) is 11.5 Å². The molecule has 2 rings (SSSR count). The van der Waals surface area contributed by atoms with Gasteiger partial charge in [-0.1, -0.05) is 102 Å². The van der Waals surface area contributed by atoms with Gasteiger partial charge in [-0.2, -0.15) is 0 Å². The Kier molecular flexibility index (Phi) is 9.43. The first kappa shape index (κ1) is 22.4. The second kappa shape index (κ2) is 11.8. The van der Waals surface area contributed by atoms with E-state index >= 15 is 0 Å². The van der Waals surface area contributed by atoms with Gasteiger partial charge in [0.25, 0.3) is 0 Å². The third-order valence-corrected chi connectivity index (χ3v) is 5.11. The van der Waals surface area contributed by atoms with Crippen LogP contribution in [0.3, 0.4) is 0 Å². The molecule has 0 fully saturated rings. The van der Waals surface area contributed by atoms with Crippen LogP contribution in [0.4, 0.5) is 0 Å². The van der Waals surface area contributed by atoms with Gasteiger partial charge in [-0.3, -0.25) is 4.99 Å². The Labute approximate surface area is 172 Å². The van der Waals surface area contributed by atoms with Gasteiger partial charge in [0.1, 0.15) is 0 Å². The number of benzene rings is 2. The summed E-state index contributed by atoms with van der Waals surface area (Å²) in [4.78, 5) is 4.72. The maximum Gasteiger partial charge on any atom is 0.0463 e. The fourth-order valence-electron chi connectivity index (χ4n) is 3.25. The fourth-order valence-corrected chi connectivity index (χ4v) is 3.25. The van der Waals surface area contributed by atoms with E-state index in [1.807, 2.05) is 0 Å². The van der Waals surface area contributed by atoms with Crippen molar-refractivity contribution in [2.75, 3.05) is 6.54 Å². The van der Waals surface area contributed by atoms with Gasteiger partial charge in [-0.05, 0) is 34.9 Å². The molecule has 0 radical (unpaired) electrons. The first-order valence-electron chi connectivity index (χ1n) is 10.9. The van der Waals surface area contributed by atoms with Crippen molar-refractivity contribution in [1.29, 1.82) is 0 Å². The second-order valence-corrected chi connectivity index (χ2v) is 8.74. The minimum Gasteiger partial charge on any atom is -0.305 e. The van der Waals surface area contributed by atoms with E-state index in [1.54, 1.807) is 0 Å². The highest BCUT2D eigenvalue weighted by molar-refractivity contribution is 5.65. The molecule has 2 aromatic carbocycles. The van der Waals surface area contributed by atoms with Gasteiger partial charge in [0.05, 0.1) is 0 Å². The summed E-state index contributed by atoms with van der Waals surface area (Å²) >= 11 is 0. The molecular weight excluding hydrogens is 340 g/mol. The van der Waals surface area contributed by atoms with Crippen molar-refractivity contribution in [3.63, 3.8) is 0 Å². The van der Waals surface area contributed by atoms with Crippen LogP contribution in [0.1, 0.15) is 70.1 Å². The number of rotatable bonds is 11. The first-order valence-corrected chi connectivity index (χ1v) is 10.9. The van der Waals surface area contributed by atoms with Gasteiger partial charge >= 0.3 is 0 Å². The Bertz CT molecular complexity index is 681.